The summed E-state index contributed by atoms with van der Waals surface area (Å²) in [7, 11) is 0.146. The van der Waals surface area contributed by atoms with E-state index in [1.807, 2.05) is 6.07 Å². The summed E-state index contributed by atoms with van der Waals surface area (Å²) in [5.74, 6) is 0. The molecule has 2 aliphatic carbocycles. The molecule has 1 aromatic carbocycles. The van der Waals surface area contributed by atoms with Crippen LogP contribution in [0.2, 0.25) is 0 Å². The van der Waals surface area contributed by atoms with E-state index in [9.17, 15) is 8.42 Å². The van der Waals surface area contributed by atoms with Gasteiger partial charge in [0.15, 0.2) is 0 Å². The summed E-state index contributed by atoms with van der Waals surface area (Å²) in [6.45, 7) is 0. The van der Waals surface area contributed by atoms with Crippen LogP contribution in [0.1, 0.15) is 49.7 Å². The van der Waals surface area contributed by atoms with Crippen LogP contribution in [0.25, 0.3) is 0 Å². The van der Waals surface area contributed by atoms with Gasteiger partial charge in [0.2, 0.25) is 0 Å². The molecule has 0 aromatic heterocycles. The van der Waals surface area contributed by atoms with Crippen molar-refractivity contribution in [3.63, 3.8) is 0 Å². The Morgan fingerprint density at radius 2 is 1.48 bits per heavy atom. The lowest BCUT2D eigenvalue weighted by atomic mass is 9.88. The first-order valence-electron chi connectivity index (χ1n) is 8.78. The second-order valence-electron chi connectivity index (χ2n) is 7.00. The van der Waals surface area contributed by atoms with Crippen LogP contribution in [0.15, 0.2) is 24.3 Å². The number of fused-ring (bicyclic) bond motifs is 1. The zero-order valence-electron chi connectivity index (χ0n) is 14.2. The van der Waals surface area contributed by atoms with Crippen LogP contribution in [0, 0.1) is 0 Å². The van der Waals surface area contributed by atoms with Crippen molar-refractivity contribution >= 4 is 10.2 Å². The maximum absolute atomic E-state index is 13.0. The van der Waals surface area contributed by atoms with E-state index < -0.39 is 10.2 Å². The average molecular weight is 337 g/mol. The highest BCUT2D eigenvalue weighted by atomic mass is 32.2. The van der Waals surface area contributed by atoms with Gasteiger partial charge in [-0.1, -0.05) is 43.5 Å². The Morgan fingerprint density at radius 1 is 0.870 bits per heavy atom. The van der Waals surface area contributed by atoms with Gasteiger partial charge in [-0.05, 0) is 43.2 Å². The molecule has 4 nitrogen and oxygen atoms in total. The molecule has 128 valence electrons. The van der Waals surface area contributed by atoms with Gasteiger partial charge in [-0.15, -0.1) is 0 Å². The van der Waals surface area contributed by atoms with Crippen molar-refractivity contribution < 1.29 is 8.42 Å². The van der Waals surface area contributed by atoms with Crippen molar-refractivity contribution in [1.29, 1.82) is 0 Å². The minimum atomic E-state index is -3.37. The summed E-state index contributed by atoms with van der Waals surface area (Å²) in [5.41, 5.74) is 2.67. The van der Waals surface area contributed by atoms with E-state index in [0.29, 0.717) is 0 Å². The molecule has 1 atom stereocenters. The molecule has 1 saturated carbocycles. The van der Waals surface area contributed by atoms with E-state index >= 15 is 0 Å². The van der Waals surface area contributed by atoms with Gasteiger partial charge in [0.1, 0.15) is 0 Å². The van der Waals surface area contributed by atoms with Crippen LogP contribution < -0.4 is 0 Å². The first-order chi connectivity index (χ1) is 11.0. The van der Waals surface area contributed by atoms with Gasteiger partial charge in [-0.25, -0.2) is 0 Å². The maximum Gasteiger partial charge on any atom is 0.281 e. The highest BCUT2D eigenvalue weighted by Crippen LogP contribution is 2.28. The fourth-order valence-corrected chi connectivity index (χ4v) is 5.56. The molecular weight excluding hydrogens is 308 g/mol. The quantitative estimate of drug-likeness (QED) is 0.848. The molecule has 1 unspecified atom stereocenters. The molecule has 0 saturated heterocycles. The number of hydrogen-bond acceptors (Lipinski definition) is 2. The van der Waals surface area contributed by atoms with Crippen LogP contribution >= 0.6 is 0 Å². The van der Waals surface area contributed by atoms with Crippen molar-refractivity contribution in [3.8, 4) is 0 Å². The zero-order chi connectivity index (χ0) is 16.4. The molecule has 23 heavy (non-hydrogen) atoms. The predicted molar refractivity (Wildman–Crippen MR) is 93.6 cm³/mol. The molecule has 1 fully saturated rings. The SMILES string of the molecule is CN(C1CCCCC1)S(=O)(=O)N(C)C1CCc2ccccc2C1. The molecule has 3 rings (SSSR count). The summed E-state index contributed by atoms with van der Waals surface area (Å²) in [6, 6.07) is 8.65. The summed E-state index contributed by atoms with van der Waals surface area (Å²) in [4.78, 5) is 0. The van der Waals surface area contributed by atoms with Gasteiger partial charge >= 0.3 is 0 Å². The van der Waals surface area contributed by atoms with E-state index in [-0.39, 0.29) is 12.1 Å². The Kier molecular flexibility index (Phi) is 5.09. The molecular formula is C18H28N2O2S. The van der Waals surface area contributed by atoms with Crippen molar-refractivity contribution in [1.82, 2.24) is 8.61 Å². The van der Waals surface area contributed by atoms with Gasteiger partial charge in [0.25, 0.3) is 10.2 Å². The molecule has 1 aromatic rings. The zero-order valence-corrected chi connectivity index (χ0v) is 15.1. The summed E-state index contributed by atoms with van der Waals surface area (Å²) >= 11 is 0. The molecule has 2 aliphatic rings. The van der Waals surface area contributed by atoms with Crippen molar-refractivity contribution in [3.05, 3.63) is 35.4 Å². The lowest BCUT2D eigenvalue weighted by molar-refractivity contribution is 0.250. The van der Waals surface area contributed by atoms with Crippen LogP contribution in [0.5, 0.6) is 0 Å². The molecule has 0 heterocycles. The van der Waals surface area contributed by atoms with Gasteiger partial charge in [-0.3, -0.25) is 0 Å². The molecule has 0 spiro atoms. The second kappa shape index (κ2) is 6.91. The summed E-state index contributed by atoms with van der Waals surface area (Å²) in [6.07, 6.45) is 8.22. The summed E-state index contributed by atoms with van der Waals surface area (Å²) < 4.78 is 29.2. The van der Waals surface area contributed by atoms with E-state index in [1.54, 1.807) is 22.7 Å². The van der Waals surface area contributed by atoms with E-state index in [4.69, 9.17) is 0 Å². The Hall–Kier alpha value is -0.910. The number of rotatable bonds is 4. The van der Waals surface area contributed by atoms with Crippen molar-refractivity contribution in [2.45, 2.75) is 63.5 Å². The monoisotopic (exact) mass is 336 g/mol. The first-order valence-corrected chi connectivity index (χ1v) is 10.2. The number of hydrogen-bond donors (Lipinski definition) is 0. The first kappa shape index (κ1) is 16.9. The normalized spacial score (nSPS) is 23.2. The summed E-state index contributed by atoms with van der Waals surface area (Å²) in [5, 5.41) is 0. The fraction of sp³-hybridized carbons (Fsp3) is 0.667. The van der Waals surface area contributed by atoms with Crippen LogP contribution in [0.4, 0.5) is 0 Å². The highest BCUT2D eigenvalue weighted by Gasteiger charge is 2.35. The second-order valence-corrected chi connectivity index (χ2v) is 9.04. The van der Waals surface area contributed by atoms with Gasteiger partial charge in [-0.2, -0.15) is 17.0 Å². The van der Waals surface area contributed by atoms with E-state index in [2.05, 4.69) is 18.2 Å². The largest absolute Gasteiger partial charge is 0.281 e. The Bertz CT molecular complexity index is 638. The predicted octanol–water partition coefficient (Wildman–Crippen LogP) is 2.99. The minimum Gasteiger partial charge on any atom is -0.195 e. The number of nitrogens with zero attached hydrogens (tertiary/aromatic N) is 2. The fourth-order valence-electron chi connectivity index (χ4n) is 4.01. The van der Waals surface area contributed by atoms with Crippen LogP contribution in [0.3, 0.4) is 0 Å². The maximum atomic E-state index is 13.0. The average Bonchev–Trinajstić information content (AvgIpc) is 2.60. The Balaban J connectivity index is 1.72. The third-order valence-electron chi connectivity index (χ3n) is 5.65. The number of benzene rings is 1. The molecule has 0 amide bonds. The number of likely N-dealkylation sites (N-methyl/N-ethyl adjacent to an activating group) is 1. The lowest BCUT2D eigenvalue weighted by Gasteiger charge is -2.37. The molecule has 0 radical (unpaired) electrons. The Labute approximate surface area is 140 Å². The van der Waals surface area contributed by atoms with E-state index in [1.165, 1.54) is 17.5 Å². The third kappa shape index (κ3) is 3.47. The van der Waals surface area contributed by atoms with Gasteiger partial charge in [0.05, 0.1) is 0 Å². The van der Waals surface area contributed by atoms with Crippen molar-refractivity contribution in [2.24, 2.45) is 0 Å². The lowest BCUT2D eigenvalue weighted by Crippen LogP contribution is -2.50. The van der Waals surface area contributed by atoms with Crippen LogP contribution in [-0.4, -0.2) is 43.2 Å². The molecule has 5 heteroatoms. The molecule has 0 bridgehead atoms. The Morgan fingerprint density at radius 3 is 2.17 bits per heavy atom. The van der Waals surface area contributed by atoms with E-state index in [0.717, 1.165) is 44.9 Å². The standard InChI is InChI=1S/C18H28N2O2S/c1-19(17-10-4-3-5-11-17)23(21,22)20(2)18-13-12-15-8-6-7-9-16(15)14-18/h6-9,17-18H,3-5,10-14H2,1-2H3. The topological polar surface area (TPSA) is 40.6 Å². The van der Waals surface area contributed by atoms with Gasteiger partial charge < -0.3 is 0 Å². The highest BCUT2D eigenvalue weighted by molar-refractivity contribution is 7.86. The molecule has 0 N–H and O–H groups in total. The third-order valence-corrected chi connectivity index (χ3v) is 7.70. The molecule has 0 aliphatic heterocycles. The van der Waals surface area contributed by atoms with Gasteiger partial charge in [0, 0.05) is 26.2 Å². The minimum absolute atomic E-state index is 0.0703. The van der Waals surface area contributed by atoms with Crippen molar-refractivity contribution in [2.75, 3.05) is 14.1 Å². The van der Waals surface area contributed by atoms with Crippen LogP contribution in [-0.2, 0) is 23.1 Å². The number of aryl methyl sites for hydroxylation is 1. The smallest absolute Gasteiger partial charge is 0.195 e.